The van der Waals surface area contributed by atoms with Crippen molar-refractivity contribution in [3.8, 4) is 0 Å². The third-order valence-electron chi connectivity index (χ3n) is 4.41. The summed E-state index contributed by atoms with van der Waals surface area (Å²) in [7, 11) is 1.96. The molecule has 0 saturated heterocycles. The zero-order chi connectivity index (χ0) is 15.9. The first-order valence-electron chi connectivity index (χ1n) is 7.03. The molecule has 23 heavy (non-hydrogen) atoms. The Hall–Kier alpha value is -0.0900. The first-order chi connectivity index (χ1) is 10.5. The minimum atomic E-state index is 0. The molecule has 0 bridgehead atoms. The van der Waals surface area contributed by atoms with Crippen molar-refractivity contribution >= 4 is 59.9 Å². The predicted octanol–water partition coefficient (Wildman–Crippen LogP) is 6.06. The highest BCUT2D eigenvalue weighted by Gasteiger charge is 2.55. The van der Waals surface area contributed by atoms with Crippen LogP contribution in [-0.2, 0) is 5.41 Å². The summed E-state index contributed by atoms with van der Waals surface area (Å²) in [6.45, 7) is 0.871. The number of hydrogen-bond donors (Lipinski definition) is 1. The van der Waals surface area contributed by atoms with Gasteiger partial charge >= 0.3 is 0 Å². The Morgan fingerprint density at radius 3 is 2.13 bits per heavy atom. The number of benzene rings is 2. The first kappa shape index (κ1) is 19.2. The molecule has 1 unspecified atom stereocenters. The van der Waals surface area contributed by atoms with Crippen LogP contribution in [0.4, 0.5) is 0 Å². The molecule has 1 fully saturated rings. The summed E-state index contributed by atoms with van der Waals surface area (Å²) in [5.74, 6) is 0.395. The molecule has 2 atom stereocenters. The summed E-state index contributed by atoms with van der Waals surface area (Å²) < 4.78 is 0. The van der Waals surface area contributed by atoms with Crippen LogP contribution in [0.2, 0.25) is 20.1 Å². The van der Waals surface area contributed by atoms with Crippen molar-refractivity contribution < 1.29 is 0 Å². The van der Waals surface area contributed by atoms with Gasteiger partial charge in [-0.3, -0.25) is 0 Å². The molecule has 0 amide bonds. The van der Waals surface area contributed by atoms with Gasteiger partial charge in [0.05, 0.1) is 20.1 Å². The Morgan fingerprint density at radius 1 is 0.957 bits per heavy atom. The highest BCUT2D eigenvalue weighted by Crippen LogP contribution is 2.60. The van der Waals surface area contributed by atoms with Gasteiger partial charge in [-0.25, -0.2) is 0 Å². The van der Waals surface area contributed by atoms with Crippen LogP contribution in [0, 0.1) is 0 Å². The third-order valence-corrected chi connectivity index (χ3v) is 5.89. The van der Waals surface area contributed by atoms with Gasteiger partial charge in [-0.2, -0.15) is 13.5 Å². The van der Waals surface area contributed by atoms with E-state index in [0.717, 1.165) is 13.0 Å². The number of likely N-dealkylation sites (N-methyl/N-ethyl adjacent to an activating group) is 1. The topological polar surface area (TPSA) is 12.0 Å². The van der Waals surface area contributed by atoms with E-state index in [1.807, 2.05) is 37.4 Å². The van der Waals surface area contributed by atoms with E-state index in [9.17, 15) is 0 Å². The van der Waals surface area contributed by atoms with Crippen LogP contribution in [0.5, 0.6) is 0 Å². The normalized spacial score (nSPS) is 22.6. The van der Waals surface area contributed by atoms with Crippen LogP contribution >= 0.6 is 59.9 Å². The van der Waals surface area contributed by atoms with E-state index in [2.05, 4.69) is 11.4 Å². The lowest BCUT2D eigenvalue weighted by Gasteiger charge is -2.19. The zero-order valence-electron chi connectivity index (χ0n) is 12.5. The maximum absolute atomic E-state index is 6.20. The molecule has 1 saturated carbocycles. The molecule has 0 aromatic heterocycles. The molecular formula is C17H17Cl4NS. The van der Waals surface area contributed by atoms with Crippen molar-refractivity contribution in [2.75, 3.05) is 13.6 Å². The molecule has 2 aromatic rings. The van der Waals surface area contributed by atoms with Gasteiger partial charge < -0.3 is 5.32 Å². The molecule has 1 nitrogen and oxygen atoms in total. The summed E-state index contributed by atoms with van der Waals surface area (Å²) in [5, 5.41) is 5.65. The minimum Gasteiger partial charge on any atom is -0.319 e. The smallest absolute Gasteiger partial charge is 0.0595 e. The number of nitrogens with one attached hydrogen (secondary N) is 1. The van der Waals surface area contributed by atoms with Crippen molar-refractivity contribution in [2.24, 2.45) is 0 Å². The second-order valence-corrected chi connectivity index (χ2v) is 7.37. The van der Waals surface area contributed by atoms with Gasteiger partial charge in [0.2, 0.25) is 0 Å². The van der Waals surface area contributed by atoms with Crippen LogP contribution in [0.3, 0.4) is 0 Å². The lowest BCUT2D eigenvalue weighted by atomic mass is 9.90. The quantitative estimate of drug-likeness (QED) is 0.648. The Balaban J connectivity index is 0.00000192. The maximum atomic E-state index is 6.20. The van der Waals surface area contributed by atoms with E-state index in [-0.39, 0.29) is 18.9 Å². The Bertz CT molecular complexity index is 722. The fourth-order valence-electron chi connectivity index (χ4n) is 3.21. The Labute approximate surface area is 163 Å². The fourth-order valence-corrected chi connectivity index (χ4v) is 3.81. The van der Waals surface area contributed by atoms with Crippen molar-refractivity contribution in [1.82, 2.24) is 5.32 Å². The van der Waals surface area contributed by atoms with Crippen molar-refractivity contribution in [3.05, 3.63) is 67.6 Å². The maximum Gasteiger partial charge on any atom is 0.0595 e. The predicted molar refractivity (Wildman–Crippen MR) is 106 cm³/mol. The average Bonchev–Trinajstić information content (AvgIpc) is 3.21. The van der Waals surface area contributed by atoms with Crippen LogP contribution in [-0.4, -0.2) is 13.6 Å². The summed E-state index contributed by atoms with van der Waals surface area (Å²) in [6, 6.07) is 11.8. The second-order valence-electron chi connectivity index (χ2n) is 5.75. The van der Waals surface area contributed by atoms with Crippen LogP contribution < -0.4 is 5.32 Å². The van der Waals surface area contributed by atoms with Crippen molar-refractivity contribution in [3.63, 3.8) is 0 Å². The van der Waals surface area contributed by atoms with Gasteiger partial charge in [-0.15, -0.1) is 0 Å². The van der Waals surface area contributed by atoms with Gasteiger partial charge in [-0.1, -0.05) is 58.5 Å². The fraction of sp³-hybridized carbons (Fsp3) is 0.294. The van der Waals surface area contributed by atoms with E-state index < -0.39 is 0 Å². The molecule has 3 rings (SSSR count). The van der Waals surface area contributed by atoms with Gasteiger partial charge in [0.1, 0.15) is 0 Å². The number of rotatable bonds is 4. The SMILES string of the molecule is CNC[C@]1(c2ccc(Cl)c(Cl)c2)CC1c1ccc(Cl)c(Cl)c1.S. The molecule has 6 heteroatoms. The van der Waals surface area contributed by atoms with E-state index >= 15 is 0 Å². The van der Waals surface area contributed by atoms with Crippen LogP contribution in [0.15, 0.2) is 36.4 Å². The zero-order valence-corrected chi connectivity index (χ0v) is 16.5. The first-order valence-corrected chi connectivity index (χ1v) is 8.54. The van der Waals surface area contributed by atoms with Crippen molar-refractivity contribution in [2.45, 2.75) is 17.8 Å². The van der Waals surface area contributed by atoms with Crippen molar-refractivity contribution in [1.29, 1.82) is 0 Å². The molecular weight excluding hydrogens is 392 g/mol. The highest BCUT2D eigenvalue weighted by atomic mass is 35.5. The third kappa shape index (κ3) is 3.63. The lowest BCUT2D eigenvalue weighted by Crippen LogP contribution is -2.25. The summed E-state index contributed by atoms with van der Waals surface area (Å²) in [6.07, 6.45) is 1.05. The lowest BCUT2D eigenvalue weighted by molar-refractivity contribution is 0.605. The molecule has 0 spiro atoms. The summed E-state index contributed by atoms with van der Waals surface area (Å²) in [4.78, 5) is 0. The molecule has 1 aliphatic rings. The molecule has 124 valence electrons. The van der Waals surface area contributed by atoms with Gasteiger partial charge in [0.25, 0.3) is 0 Å². The minimum absolute atomic E-state index is 0. The molecule has 0 heterocycles. The highest BCUT2D eigenvalue weighted by molar-refractivity contribution is 7.59. The van der Waals surface area contributed by atoms with Gasteiger partial charge in [0, 0.05) is 12.0 Å². The van der Waals surface area contributed by atoms with E-state index in [1.165, 1.54) is 11.1 Å². The number of hydrogen-bond acceptors (Lipinski definition) is 1. The Kier molecular flexibility index (Phi) is 6.21. The van der Waals surface area contributed by atoms with Crippen LogP contribution in [0.25, 0.3) is 0 Å². The molecule has 1 N–H and O–H groups in total. The molecule has 0 radical (unpaired) electrons. The second kappa shape index (κ2) is 7.43. The van der Waals surface area contributed by atoms with E-state index in [0.29, 0.717) is 26.0 Å². The molecule has 0 aliphatic heterocycles. The average molecular weight is 409 g/mol. The van der Waals surface area contributed by atoms with Gasteiger partial charge in [-0.05, 0) is 54.8 Å². The summed E-state index contributed by atoms with van der Waals surface area (Å²) in [5.41, 5.74) is 2.43. The molecule has 1 aliphatic carbocycles. The number of halogens is 4. The Morgan fingerprint density at radius 2 is 1.57 bits per heavy atom. The summed E-state index contributed by atoms with van der Waals surface area (Å²) >= 11 is 24.4. The largest absolute Gasteiger partial charge is 0.319 e. The van der Waals surface area contributed by atoms with E-state index in [1.54, 1.807) is 0 Å². The van der Waals surface area contributed by atoms with E-state index in [4.69, 9.17) is 46.4 Å². The monoisotopic (exact) mass is 407 g/mol. The standard InChI is InChI=1S/C17H15Cl4N.H2S/c1-22-9-17(11-3-5-14(19)16(21)7-11)8-12(17)10-2-4-13(18)15(20)6-10;/h2-7,12,22H,8-9H2,1H3;1H2/t12?,17-;/m0./s1. The van der Waals surface area contributed by atoms with Gasteiger partial charge in [0.15, 0.2) is 0 Å². The van der Waals surface area contributed by atoms with Crippen LogP contribution in [0.1, 0.15) is 23.5 Å². The molecule has 2 aromatic carbocycles.